The second kappa shape index (κ2) is 16.6. The van der Waals surface area contributed by atoms with Gasteiger partial charge in [0, 0.05) is 39.8 Å². The molecule has 0 saturated carbocycles. The quantitative estimate of drug-likeness (QED) is 0.130. The molecule has 3 heteroatoms. The highest BCUT2D eigenvalue weighted by Crippen LogP contribution is 2.42. The highest BCUT2D eigenvalue weighted by Gasteiger charge is 2.32. The van der Waals surface area contributed by atoms with Crippen LogP contribution in [0, 0.1) is 0 Å². The van der Waals surface area contributed by atoms with E-state index in [0.717, 1.165) is 29.9 Å². The first-order chi connectivity index (χ1) is 28.6. The fourth-order valence-electron chi connectivity index (χ4n) is 8.35. The molecule has 0 N–H and O–H groups in total. The van der Waals surface area contributed by atoms with Crippen molar-refractivity contribution in [2.75, 3.05) is 14.7 Å². The predicted molar refractivity (Wildman–Crippen MR) is 247 cm³/mol. The lowest BCUT2D eigenvalue weighted by Crippen LogP contribution is -2.42. The van der Waals surface area contributed by atoms with Gasteiger partial charge < -0.3 is 14.7 Å². The Labute approximate surface area is 343 Å². The number of benzene rings is 7. The van der Waals surface area contributed by atoms with Crippen LogP contribution in [-0.2, 0) is 0 Å². The maximum atomic E-state index is 2.49. The van der Waals surface area contributed by atoms with Gasteiger partial charge in [0.25, 0.3) is 0 Å². The third kappa shape index (κ3) is 7.68. The van der Waals surface area contributed by atoms with E-state index in [9.17, 15) is 0 Å². The van der Waals surface area contributed by atoms with E-state index >= 15 is 0 Å². The summed E-state index contributed by atoms with van der Waals surface area (Å²) < 4.78 is 0. The van der Waals surface area contributed by atoms with Crippen molar-refractivity contribution in [2.45, 2.75) is 31.3 Å². The number of rotatable bonds is 11. The van der Waals surface area contributed by atoms with E-state index in [2.05, 4.69) is 258 Å². The van der Waals surface area contributed by atoms with E-state index in [-0.39, 0.29) is 11.6 Å². The van der Waals surface area contributed by atoms with Crippen LogP contribution in [0.15, 0.2) is 237 Å². The minimum absolute atomic E-state index is 0.230. The Hall–Kier alpha value is -7.10. The van der Waals surface area contributed by atoms with E-state index in [1.807, 2.05) is 0 Å². The van der Waals surface area contributed by atoms with Crippen molar-refractivity contribution < 1.29 is 0 Å². The fourth-order valence-corrected chi connectivity index (χ4v) is 8.35. The molecule has 3 nitrogen and oxygen atoms in total. The zero-order valence-electron chi connectivity index (χ0n) is 32.8. The van der Waals surface area contributed by atoms with Crippen molar-refractivity contribution in [2.24, 2.45) is 0 Å². The number of hydrogen-bond donors (Lipinski definition) is 0. The third-order valence-corrected chi connectivity index (χ3v) is 11.3. The van der Waals surface area contributed by atoms with Gasteiger partial charge in [-0.3, -0.25) is 0 Å². The van der Waals surface area contributed by atoms with Crippen molar-refractivity contribution in [3.05, 3.63) is 248 Å². The van der Waals surface area contributed by atoms with Gasteiger partial charge in [0.2, 0.25) is 0 Å². The molecule has 0 aliphatic heterocycles. The Balaban J connectivity index is 0.939. The Morgan fingerprint density at radius 1 is 0.414 bits per heavy atom. The first kappa shape index (κ1) is 36.5. The van der Waals surface area contributed by atoms with Crippen LogP contribution in [0.2, 0.25) is 0 Å². The fraction of sp³-hybridized carbons (Fsp3) is 0.0909. The van der Waals surface area contributed by atoms with Crippen molar-refractivity contribution in [1.29, 1.82) is 0 Å². The van der Waals surface area contributed by atoms with Crippen LogP contribution in [0.3, 0.4) is 0 Å². The zero-order valence-corrected chi connectivity index (χ0v) is 32.8. The number of allylic oxidation sites excluding steroid dienone is 4. The SMILES string of the molecule is CC1(N(c2ccccc2)c2ccc(C3=CCC(N(c4ccccc4)c4ccccc4)C=C3)cc2)C=CC(c2ccc(N(c3ccccc3)c3ccccc3)cc2)=CC1. The molecule has 0 fully saturated rings. The third-order valence-electron chi connectivity index (χ3n) is 11.3. The van der Waals surface area contributed by atoms with Crippen LogP contribution in [0.5, 0.6) is 0 Å². The molecule has 9 rings (SSSR count). The molecule has 0 spiro atoms. The number of nitrogens with zero attached hydrogens (tertiary/aromatic N) is 3. The van der Waals surface area contributed by atoms with Crippen molar-refractivity contribution >= 4 is 51.0 Å². The standard InChI is InChI=1S/C55H47N3/c1-55(41-39-46(40-42-55)45-29-35-52(36-30-45)57(49-21-11-4-12-22-49)50-23-13-5-14-24-50)58(53-25-15-6-16-26-53)54-37-31-44(32-38-54)43-27-33-51(34-28-43)56(47-17-7-2-8-18-47)48-19-9-3-10-20-48/h2-33,35-41,51H,34,42H2,1H3. The first-order valence-corrected chi connectivity index (χ1v) is 20.3. The molecule has 0 saturated heterocycles. The molecule has 0 bridgehead atoms. The van der Waals surface area contributed by atoms with E-state index in [1.165, 1.54) is 45.0 Å². The summed E-state index contributed by atoms with van der Waals surface area (Å²) in [6.07, 6.45) is 15.9. The molecule has 7 aromatic carbocycles. The second-order valence-corrected chi connectivity index (χ2v) is 15.2. The zero-order chi connectivity index (χ0) is 39.2. The van der Waals surface area contributed by atoms with E-state index in [0.29, 0.717) is 0 Å². The molecule has 2 atom stereocenters. The van der Waals surface area contributed by atoms with Gasteiger partial charge in [0.05, 0.1) is 11.6 Å². The average Bonchev–Trinajstić information content (AvgIpc) is 3.30. The number of para-hydroxylation sites is 5. The van der Waals surface area contributed by atoms with Gasteiger partial charge in [-0.05, 0) is 127 Å². The smallest absolute Gasteiger partial charge is 0.0643 e. The van der Waals surface area contributed by atoms with Crippen LogP contribution in [0.1, 0.15) is 30.9 Å². The molecular formula is C55H47N3. The minimum atomic E-state index is -0.265. The van der Waals surface area contributed by atoms with Gasteiger partial charge in [-0.1, -0.05) is 152 Å². The lowest BCUT2D eigenvalue weighted by molar-refractivity contribution is 0.571. The number of hydrogen-bond acceptors (Lipinski definition) is 3. The van der Waals surface area contributed by atoms with Gasteiger partial charge in [-0.2, -0.15) is 0 Å². The summed E-state index contributed by atoms with van der Waals surface area (Å²) in [5.41, 5.74) is 12.8. The topological polar surface area (TPSA) is 9.72 Å². The van der Waals surface area contributed by atoms with Crippen LogP contribution < -0.4 is 14.7 Å². The highest BCUT2D eigenvalue weighted by molar-refractivity contribution is 5.82. The van der Waals surface area contributed by atoms with Gasteiger partial charge in [-0.25, -0.2) is 0 Å². The first-order valence-electron chi connectivity index (χ1n) is 20.3. The molecule has 282 valence electrons. The summed E-state index contributed by atoms with van der Waals surface area (Å²) in [5, 5.41) is 0. The van der Waals surface area contributed by atoms with Gasteiger partial charge in [-0.15, -0.1) is 0 Å². The van der Waals surface area contributed by atoms with Gasteiger partial charge in [0.15, 0.2) is 0 Å². The van der Waals surface area contributed by atoms with Crippen LogP contribution in [-0.4, -0.2) is 11.6 Å². The van der Waals surface area contributed by atoms with Crippen molar-refractivity contribution in [3.63, 3.8) is 0 Å². The van der Waals surface area contributed by atoms with E-state index < -0.39 is 0 Å². The largest absolute Gasteiger partial charge is 0.334 e. The van der Waals surface area contributed by atoms with Gasteiger partial charge >= 0.3 is 0 Å². The summed E-state index contributed by atoms with van der Waals surface area (Å²) in [6, 6.07) is 71.6. The summed E-state index contributed by atoms with van der Waals surface area (Å²) in [7, 11) is 0. The molecule has 0 radical (unpaired) electrons. The minimum Gasteiger partial charge on any atom is -0.334 e. The van der Waals surface area contributed by atoms with E-state index in [4.69, 9.17) is 0 Å². The Morgan fingerprint density at radius 3 is 1.24 bits per heavy atom. The lowest BCUT2D eigenvalue weighted by atomic mass is 9.85. The van der Waals surface area contributed by atoms with Gasteiger partial charge in [0.1, 0.15) is 0 Å². The molecule has 0 aromatic heterocycles. The lowest BCUT2D eigenvalue weighted by Gasteiger charge is -2.42. The molecule has 7 aromatic rings. The maximum Gasteiger partial charge on any atom is 0.0643 e. The summed E-state index contributed by atoms with van der Waals surface area (Å²) >= 11 is 0. The van der Waals surface area contributed by atoms with E-state index in [1.54, 1.807) is 0 Å². The Bertz CT molecular complexity index is 2460. The summed E-state index contributed by atoms with van der Waals surface area (Å²) in [6.45, 7) is 2.34. The maximum absolute atomic E-state index is 2.49. The van der Waals surface area contributed by atoms with Crippen molar-refractivity contribution in [1.82, 2.24) is 0 Å². The summed E-state index contributed by atoms with van der Waals surface area (Å²) in [4.78, 5) is 7.22. The highest BCUT2D eigenvalue weighted by atomic mass is 15.2. The average molecular weight is 750 g/mol. The molecule has 2 aliphatic rings. The van der Waals surface area contributed by atoms with Crippen molar-refractivity contribution in [3.8, 4) is 0 Å². The normalized spacial score (nSPS) is 17.2. The molecule has 2 aliphatic carbocycles. The summed E-state index contributed by atoms with van der Waals surface area (Å²) in [5.74, 6) is 0. The number of anilines is 7. The van der Waals surface area contributed by atoms with Crippen LogP contribution >= 0.6 is 0 Å². The van der Waals surface area contributed by atoms with Crippen LogP contribution in [0.25, 0.3) is 11.1 Å². The molecule has 2 unspecified atom stereocenters. The Kier molecular flexibility index (Phi) is 10.4. The molecule has 0 amide bonds. The van der Waals surface area contributed by atoms with Crippen LogP contribution in [0.4, 0.5) is 39.8 Å². The molecule has 0 heterocycles. The monoisotopic (exact) mass is 749 g/mol. The Morgan fingerprint density at radius 2 is 0.810 bits per heavy atom. The molecular weight excluding hydrogens is 703 g/mol. The predicted octanol–water partition coefficient (Wildman–Crippen LogP) is 14.6. The molecule has 58 heavy (non-hydrogen) atoms. The second-order valence-electron chi connectivity index (χ2n) is 15.2.